The summed E-state index contributed by atoms with van der Waals surface area (Å²) in [5, 5.41) is 3.44. The predicted octanol–water partition coefficient (Wildman–Crippen LogP) is 2.99. The third-order valence-corrected chi connectivity index (χ3v) is 3.89. The molecule has 1 aromatic carbocycles. The average molecular weight is 274 g/mol. The first-order chi connectivity index (χ1) is 9.44. The zero-order valence-electron chi connectivity index (χ0n) is 12.4. The van der Waals surface area contributed by atoms with Crippen LogP contribution in [0.4, 0.5) is 10.5 Å². The van der Waals surface area contributed by atoms with Gasteiger partial charge in [0.15, 0.2) is 0 Å². The van der Waals surface area contributed by atoms with Crippen LogP contribution in [0.5, 0.6) is 0 Å². The summed E-state index contributed by atoms with van der Waals surface area (Å²) in [6.07, 6.45) is 0.708. The maximum absolute atomic E-state index is 12.3. The van der Waals surface area contributed by atoms with Crippen LogP contribution in [0.15, 0.2) is 18.2 Å². The van der Waals surface area contributed by atoms with E-state index in [1.165, 1.54) is 16.8 Å². The number of benzene rings is 1. The molecule has 0 aliphatic carbocycles. The molecule has 108 valence electrons. The van der Waals surface area contributed by atoms with Gasteiger partial charge in [-0.05, 0) is 44.4 Å². The number of amides is 1. The van der Waals surface area contributed by atoms with Crippen molar-refractivity contribution in [1.29, 1.82) is 0 Å². The van der Waals surface area contributed by atoms with Crippen LogP contribution in [0, 0.1) is 0 Å². The van der Waals surface area contributed by atoms with Gasteiger partial charge in [0.2, 0.25) is 0 Å². The zero-order valence-corrected chi connectivity index (χ0v) is 12.4. The van der Waals surface area contributed by atoms with Gasteiger partial charge in [-0.25, -0.2) is 4.79 Å². The number of ether oxygens (including phenoxy) is 1. The Morgan fingerprint density at radius 3 is 2.95 bits per heavy atom. The van der Waals surface area contributed by atoms with Gasteiger partial charge in [-0.1, -0.05) is 12.1 Å². The molecule has 1 amide bonds. The molecule has 1 atom stereocenters. The van der Waals surface area contributed by atoms with E-state index in [0.717, 1.165) is 26.1 Å². The second-order valence-electron chi connectivity index (χ2n) is 6.63. The topological polar surface area (TPSA) is 41.6 Å². The minimum absolute atomic E-state index is 0.196. The van der Waals surface area contributed by atoms with Crippen LogP contribution >= 0.6 is 0 Å². The molecule has 2 aliphatic rings. The van der Waals surface area contributed by atoms with E-state index in [2.05, 4.69) is 23.5 Å². The summed E-state index contributed by atoms with van der Waals surface area (Å²) in [5.74, 6) is 0.385. The first-order valence-electron chi connectivity index (χ1n) is 7.27. The fourth-order valence-electron chi connectivity index (χ4n) is 3.06. The van der Waals surface area contributed by atoms with Gasteiger partial charge in [0.1, 0.15) is 5.60 Å². The van der Waals surface area contributed by atoms with Gasteiger partial charge in [-0.2, -0.15) is 0 Å². The third kappa shape index (κ3) is 2.47. The number of carbonyl (C=O) groups is 1. The third-order valence-electron chi connectivity index (χ3n) is 3.89. The zero-order chi connectivity index (χ0) is 14.3. The molecule has 2 aliphatic heterocycles. The quantitative estimate of drug-likeness (QED) is 0.790. The average Bonchev–Trinajstić information content (AvgIpc) is 2.65. The highest BCUT2D eigenvalue weighted by atomic mass is 16.6. The lowest BCUT2D eigenvalue weighted by molar-refractivity contribution is 0.0248. The van der Waals surface area contributed by atoms with Crippen molar-refractivity contribution in [3.63, 3.8) is 0 Å². The summed E-state index contributed by atoms with van der Waals surface area (Å²) < 4.78 is 5.51. The Kier molecular flexibility index (Phi) is 3.11. The molecule has 20 heavy (non-hydrogen) atoms. The highest BCUT2D eigenvalue weighted by molar-refractivity contribution is 5.69. The molecule has 0 bridgehead atoms. The van der Waals surface area contributed by atoms with Gasteiger partial charge in [0.05, 0.1) is 0 Å². The van der Waals surface area contributed by atoms with Crippen LogP contribution in [0.2, 0.25) is 0 Å². The highest BCUT2D eigenvalue weighted by Gasteiger charge is 2.32. The Labute approximate surface area is 120 Å². The molecular formula is C16H22N2O2. The first-order valence-corrected chi connectivity index (χ1v) is 7.27. The molecule has 0 fully saturated rings. The van der Waals surface area contributed by atoms with E-state index in [1.54, 1.807) is 0 Å². The molecule has 0 saturated carbocycles. The van der Waals surface area contributed by atoms with Crippen molar-refractivity contribution >= 4 is 11.8 Å². The van der Waals surface area contributed by atoms with E-state index < -0.39 is 5.60 Å². The number of nitrogens with zero attached hydrogens (tertiary/aromatic N) is 1. The molecule has 4 nitrogen and oxygen atoms in total. The molecular weight excluding hydrogens is 252 g/mol. The van der Waals surface area contributed by atoms with Crippen molar-refractivity contribution in [1.82, 2.24) is 4.90 Å². The fourth-order valence-corrected chi connectivity index (χ4v) is 3.06. The van der Waals surface area contributed by atoms with Crippen molar-refractivity contribution in [2.24, 2.45) is 0 Å². The summed E-state index contributed by atoms with van der Waals surface area (Å²) in [4.78, 5) is 14.1. The second-order valence-corrected chi connectivity index (χ2v) is 6.63. The van der Waals surface area contributed by atoms with Gasteiger partial charge in [0.25, 0.3) is 0 Å². The Morgan fingerprint density at radius 2 is 2.20 bits per heavy atom. The summed E-state index contributed by atoms with van der Waals surface area (Å²) in [5.41, 5.74) is 3.57. The monoisotopic (exact) mass is 274 g/mol. The number of rotatable bonds is 0. The van der Waals surface area contributed by atoms with E-state index in [1.807, 2.05) is 25.7 Å². The molecule has 0 aromatic heterocycles. The van der Waals surface area contributed by atoms with Crippen LogP contribution in [0.1, 0.15) is 37.8 Å². The standard InChI is InChI=1S/C16H22N2O2/c1-16(2,3)20-15(19)18-8-7-11-5-4-6-13-14(11)12(10-18)9-17-13/h4-6,12,17H,7-10H2,1-3H3. The second kappa shape index (κ2) is 4.69. The largest absolute Gasteiger partial charge is 0.444 e. The molecule has 3 rings (SSSR count). The summed E-state index contributed by atoms with van der Waals surface area (Å²) in [6.45, 7) is 8.12. The van der Waals surface area contributed by atoms with Crippen LogP contribution in [0.25, 0.3) is 0 Å². The molecule has 1 unspecified atom stereocenters. The van der Waals surface area contributed by atoms with Crippen LogP contribution < -0.4 is 5.32 Å². The minimum Gasteiger partial charge on any atom is -0.444 e. The van der Waals surface area contributed by atoms with Gasteiger partial charge in [0, 0.05) is 31.2 Å². The van der Waals surface area contributed by atoms with Gasteiger partial charge >= 0.3 is 6.09 Å². The molecule has 0 spiro atoms. The summed E-state index contributed by atoms with van der Waals surface area (Å²) in [6, 6.07) is 6.39. The lowest BCUT2D eigenvalue weighted by Crippen LogP contribution is -2.39. The van der Waals surface area contributed by atoms with Crippen LogP contribution in [-0.4, -0.2) is 36.2 Å². The van der Waals surface area contributed by atoms with Crippen molar-refractivity contribution in [2.45, 2.75) is 38.7 Å². The van der Waals surface area contributed by atoms with E-state index in [9.17, 15) is 4.79 Å². The summed E-state index contributed by atoms with van der Waals surface area (Å²) in [7, 11) is 0. The van der Waals surface area contributed by atoms with Gasteiger partial charge in [-0.3, -0.25) is 0 Å². The van der Waals surface area contributed by atoms with E-state index >= 15 is 0 Å². The predicted molar refractivity (Wildman–Crippen MR) is 79.2 cm³/mol. The Balaban J connectivity index is 1.80. The van der Waals surface area contributed by atoms with E-state index in [0.29, 0.717) is 5.92 Å². The van der Waals surface area contributed by atoms with Crippen molar-refractivity contribution in [3.8, 4) is 0 Å². The number of nitrogens with one attached hydrogen (secondary N) is 1. The SMILES string of the molecule is CC(C)(C)OC(=O)N1CCc2cccc3c2C(CN3)C1. The number of carbonyl (C=O) groups excluding carboxylic acids is 1. The maximum Gasteiger partial charge on any atom is 0.410 e. The van der Waals surface area contributed by atoms with Crippen molar-refractivity contribution in [2.75, 3.05) is 25.0 Å². The van der Waals surface area contributed by atoms with Crippen molar-refractivity contribution in [3.05, 3.63) is 29.3 Å². The normalized spacial score (nSPS) is 20.9. The van der Waals surface area contributed by atoms with Crippen LogP contribution in [0.3, 0.4) is 0 Å². The lowest BCUT2D eigenvalue weighted by Gasteiger charge is -2.27. The smallest absolute Gasteiger partial charge is 0.410 e. The van der Waals surface area contributed by atoms with Gasteiger partial charge < -0.3 is 15.0 Å². The molecule has 1 aromatic rings. The number of hydrogen-bond donors (Lipinski definition) is 1. The molecule has 0 radical (unpaired) electrons. The Hall–Kier alpha value is -1.71. The first kappa shape index (κ1) is 13.3. The Bertz CT molecular complexity index is 534. The number of hydrogen-bond acceptors (Lipinski definition) is 3. The minimum atomic E-state index is -0.435. The van der Waals surface area contributed by atoms with Gasteiger partial charge in [-0.15, -0.1) is 0 Å². The van der Waals surface area contributed by atoms with E-state index in [4.69, 9.17) is 4.74 Å². The maximum atomic E-state index is 12.3. The highest BCUT2D eigenvalue weighted by Crippen LogP contribution is 2.37. The fraction of sp³-hybridized carbons (Fsp3) is 0.562. The molecule has 4 heteroatoms. The molecule has 2 heterocycles. The number of anilines is 1. The molecule has 0 saturated heterocycles. The van der Waals surface area contributed by atoms with Crippen molar-refractivity contribution < 1.29 is 9.53 Å². The molecule has 1 N–H and O–H groups in total. The van der Waals surface area contributed by atoms with E-state index in [-0.39, 0.29) is 6.09 Å². The van der Waals surface area contributed by atoms with Crippen LogP contribution in [-0.2, 0) is 11.2 Å². The Morgan fingerprint density at radius 1 is 1.40 bits per heavy atom. The lowest BCUT2D eigenvalue weighted by atomic mass is 9.96. The summed E-state index contributed by atoms with van der Waals surface area (Å²) >= 11 is 0.